The van der Waals surface area contributed by atoms with Crippen molar-refractivity contribution in [1.82, 2.24) is 20.6 Å². The van der Waals surface area contributed by atoms with Gasteiger partial charge in [-0.05, 0) is 36.4 Å². The van der Waals surface area contributed by atoms with Crippen LogP contribution in [0.2, 0.25) is 0 Å². The first-order chi connectivity index (χ1) is 13.0. The van der Waals surface area contributed by atoms with Gasteiger partial charge < -0.3 is 5.32 Å². The van der Waals surface area contributed by atoms with Crippen LogP contribution >= 0.6 is 0 Å². The Labute approximate surface area is 152 Å². The lowest BCUT2D eigenvalue weighted by Crippen LogP contribution is -2.45. The number of carbonyl (C=O) groups excluding carboxylic acids is 2. The van der Waals surface area contributed by atoms with Crippen LogP contribution in [0.4, 0.5) is 14.9 Å². The molecule has 9 heteroatoms. The molecule has 0 atom stereocenters. The Kier molecular flexibility index (Phi) is 5.22. The molecule has 0 radical (unpaired) electrons. The highest BCUT2D eigenvalue weighted by Crippen LogP contribution is 2.07. The first-order valence-corrected chi connectivity index (χ1v) is 7.81. The molecule has 1 heterocycles. The minimum absolute atomic E-state index is 0.425. The zero-order chi connectivity index (χ0) is 19.2. The predicted molar refractivity (Wildman–Crippen MR) is 95.9 cm³/mol. The molecular weight excluding hydrogens is 353 g/mol. The molecule has 8 nitrogen and oxygen atoms in total. The van der Waals surface area contributed by atoms with Crippen LogP contribution in [-0.4, -0.2) is 21.7 Å². The van der Waals surface area contributed by atoms with Crippen LogP contribution in [0.5, 0.6) is 0 Å². The Morgan fingerprint density at radius 3 is 2.33 bits per heavy atom. The lowest BCUT2D eigenvalue weighted by atomic mass is 10.3. The van der Waals surface area contributed by atoms with Gasteiger partial charge in [0, 0.05) is 18.0 Å². The number of nitrogens with zero attached hydrogens (tertiary/aromatic N) is 2. The highest BCUT2D eigenvalue weighted by molar-refractivity contribution is 5.95. The minimum atomic E-state index is -0.889. The van der Waals surface area contributed by atoms with Gasteiger partial charge in [0.1, 0.15) is 5.82 Å². The smallest absolute Gasteiger partial charge is 0.307 e. The molecule has 1 aromatic heterocycles. The highest BCUT2D eigenvalue weighted by Gasteiger charge is 2.14. The summed E-state index contributed by atoms with van der Waals surface area (Å²) in [5, 5.41) is 6.43. The third kappa shape index (κ3) is 4.54. The fourth-order valence-corrected chi connectivity index (χ4v) is 2.16. The number of aromatic nitrogens is 2. The fourth-order valence-electron chi connectivity index (χ4n) is 2.16. The lowest BCUT2D eigenvalue weighted by molar-refractivity contribution is 0.0930. The first-order valence-electron chi connectivity index (χ1n) is 7.81. The number of rotatable bonds is 3. The van der Waals surface area contributed by atoms with Gasteiger partial charge in [0.2, 0.25) is 5.43 Å². The van der Waals surface area contributed by atoms with E-state index in [-0.39, 0.29) is 0 Å². The topological polar surface area (TPSA) is 105 Å². The fraction of sp³-hybridized carbons (Fsp3) is 0. The summed E-state index contributed by atoms with van der Waals surface area (Å²) >= 11 is 0. The van der Waals surface area contributed by atoms with Crippen molar-refractivity contribution < 1.29 is 14.0 Å². The minimum Gasteiger partial charge on any atom is -0.307 e. The molecule has 0 bridgehead atoms. The Bertz CT molecular complexity index is 1020. The molecule has 0 spiro atoms. The zero-order valence-corrected chi connectivity index (χ0v) is 13.8. The van der Waals surface area contributed by atoms with Crippen LogP contribution < -0.4 is 21.6 Å². The molecule has 0 saturated carbocycles. The summed E-state index contributed by atoms with van der Waals surface area (Å²) in [7, 11) is 0. The summed E-state index contributed by atoms with van der Waals surface area (Å²) in [6.07, 6.45) is 1.35. The largest absolute Gasteiger partial charge is 0.337 e. The third-order valence-corrected chi connectivity index (χ3v) is 3.44. The molecule has 3 N–H and O–H groups in total. The van der Waals surface area contributed by atoms with Gasteiger partial charge in [0.25, 0.3) is 5.91 Å². The van der Waals surface area contributed by atoms with Gasteiger partial charge in [0.15, 0.2) is 5.69 Å². The van der Waals surface area contributed by atoms with Gasteiger partial charge in [0.05, 0.1) is 5.69 Å². The van der Waals surface area contributed by atoms with Crippen molar-refractivity contribution in [2.24, 2.45) is 0 Å². The maximum atomic E-state index is 13.0. The summed E-state index contributed by atoms with van der Waals surface area (Å²) in [6, 6.07) is 14.4. The summed E-state index contributed by atoms with van der Waals surface area (Å²) in [4.78, 5) is 35.9. The normalized spacial score (nSPS) is 10.1. The molecule has 0 aliphatic rings. The third-order valence-electron chi connectivity index (χ3n) is 3.44. The number of halogens is 1. The van der Waals surface area contributed by atoms with E-state index in [0.717, 1.165) is 6.07 Å². The van der Waals surface area contributed by atoms with Gasteiger partial charge in [-0.15, -0.1) is 0 Å². The number of anilines is 1. The Morgan fingerprint density at radius 1 is 0.926 bits per heavy atom. The van der Waals surface area contributed by atoms with Crippen molar-refractivity contribution in [2.75, 3.05) is 5.32 Å². The number of hydrazine groups is 1. The molecule has 27 heavy (non-hydrogen) atoms. The van der Waals surface area contributed by atoms with E-state index in [0.29, 0.717) is 11.4 Å². The molecule has 3 amide bonds. The van der Waals surface area contributed by atoms with Crippen LogP contribution in [0.15, 0.2) is 71.7 Å². The molecule has 3 rings (SSSR count). The standard InChI is InChI=1S/C18H14FN5O3/c19-12-6-8-14(9-7-12)24-11-10-15(25)16(23-24)17(26)21-22-18(27)20-13-4-2-1-3-5-13/h1-11H,(H,21,26)(H2,20,22,27). The molecule has 2 aromatic carbocycles. The van der Waals surface area contributed by atoms with Gasteiger partial charge in [-0.1, -0.05) is 18.2 Å². The maximum absolute atomic E-state index is 13.0. The lowest BCUT2D eigenvalue weighted by Gasteiger charge is -2.10. The molecule has 0 unspecified atom stereocenters. The van der Waals surface area contributed by atoms with E-state index in [4.69, 9.17) is 0 Å². The number of amides is 3. The average Bonchev–Trinajstić information content (AvgIpc) is 2.68. The monoisotopic (exact) mass is 367 g/mol. The van der Waals surface area contributed by atoms with Crippen LogP contribution in [0.1, 0.15) is 10.5 Å². The number of carbonyl (C=O) groups is 2. The van der Waals surface area contributed by atoms with E-state index in [1.807, 2.05) is 0 Å². The van der Waals surface area contributed by atoms with Crippen molar-refractivity contribution in [1.29, 1.82) is 0 Å². The quantitative estimate of drug-likeness (QED) is 0.614. The van der Waals surface area contributed by atoms with Crippen LogP contribution in [-0.2, 0) is 0 Å². The summed E-state index contributed by atoms with van der Waals surface area (Å²) < 4.78 is 14.3. The Balaban J connectivity index is 1.69. The number of hydrogen-bond donors (Lipinski definition) is 3. The van der Waals surface area contributed by atoms with E-state index in [1.54, 1.807) is 30.3 Å². The van der Waals surface area contributed by atoms with Crippen molar-refractivity contribution >= 4 is 17.6 Å². The van der Waals surface area contributed by atoms with E-state index >= 15 is 0 Å². The Morgan fingerprint density at radius 2 is 1.63 bits per heavy atom. The molecule has 0 fully saturated rings. The highest BCUT2D eigenvalue weighted by atomic mass is 19.1. The zero-order valence-electron chi connectivity index (χ0n) is 13.8. The predicted octanol–water partition coefficient (Wildman–Crippen LogP) is 1.84. The van der Waals surface area contributed by atoms with Gasteiger partial charge in [-0.3, -0.25) is 15.0 Å². The van der Waals surface area contributed by atoms with E-state index < -0.39 is 28.9 Å². The SMILES string of the molecule is O=C(NNC(=O)c1nn(-c2ccc(F)cc2)ccc1=O)Nc1ccccc1. The first kappa shape index (κ1) is 17.8. The summed E-state index contributed by atoms with van der Waals surface area (Å²) in [5.41, 5.74) is 4.18. The van der Waals surface area contributed by atoms with Crippen LogP contribution in [0.3, 0.4) is 0 Å². The molecule has 136 valence electrons. The maximum Gasteiger partial charge on any atom is 0.337 e. The van der Waals surface area contributed by atoms with Crippen LogP contribution in [0, 0.1) is 5.82 Å². The second-order valence-electron chi connectivity index (χ2n) is 5.35. The number of urea groups is 1. The number of para-hydroxylation sites is 1. The molecule has 0 saturated heterocycles. The number of hydrogen-bond acceptors (Lipinski definition) is 4. The van der Waals surface area contributed by atoms with Crippen molar-refractivity contribution in [3.05, 3.63) is 88.6 Å². The summed E-state index contributed by atoms with van der Waals surface area (Å²) in [5.74, 6) is -1.31. The van der Waals surface area contributed by atoms with Crippen LogP contribution in [0.25, 0.3) is 5.69 Å². The van der Waals surface area contributed by atoms with Gasteiger partial charge in [-0.2, -0.15) is 5.10 Å². The summed E-state index contributed by atoms with van der Waals surface area (Å²) in [6.45, 7) is 0. The Hall–Kier alpha value is -4.01. The second-order valence-corrected chi connectivity index (χ2v) is 5.35. The molecule has 0 aliphatic heterocycles. The molecular formula is C18H14FN5O3. The number of benzene rings is 2. The number of nitrogens with one attached hydrogen (secondary N) is 3. The van der Waals surface area contributed by atoms with E-state index in [2.05, 4.69) is 21.3 Å². The second kappa shape index (κ2) is 7.91. The van der Waals surface area contributed by atoms with E-state index in [1.165, 1.54) is 35.1 Å². The van der Waals surface area contributed by atoms with Crippen molar-refractivity contribution in [3.63, 3.8) is 0 Å². The molecule has 0 aliphatic carbocycles. The van der Waals surface area contributed by atoms with Crippen molar-refractivity contribution in [3.8, 4) is 5.69 Å². The average molecular weight is 367 g/mol. The molecule has 3 aromatic rings. The van der Waals surface area contributed by atoms with Gasteiger partial charge >= 0.3 is 6.03 Å². The van der Waals surface area contributed by atoms with E-state index in [9.17, 15) is 18.8 Å². The van der Waals surface area contributed by atoms with Gasteiger partial charge in [-0.25, -0.2) is 19.3 Å². The van der Waals surface area contributed by atoms with Crippen molar-refractivity contribution in [2.45, 2.75) is 0 Å².